The maximum absolute atomic E-state index is 12.7. The molecule has 35 heavy (non-hydrogen) atoms. The van der Waals surface area contributed by atoms with Gasteiger partial charge in [-0.3, -0.25) is 14.2 Å². The Morgan fingerprint density at radius 3 is 2.34 bits per heavy atom. The van der Waals surface area contributed by atoms with E-state index in [0.717, 1.165) is 15.9 Å². The first kappa shape index (κ1) is 25.3. The molecular formula is C23H19BrCl2N4O4S. The summed E-state index contributed by atoms with van der Waals surface area (Å²) < 4.78 is 36.1. The van der Waals surface area contributed by atoms with E-state index in [0.29, 0.717) is 23.0 Å². The molecule has 12 heteroatoms. The van der Waals surface area contributed by atoms with Gasteiger partial charge in [0.05, 0.1) is 43.0 Å². The van der Waals surface area contributed by atoms with Crippen molar-refractivity contribution in [1.29, 1.82) is 0 Å². The lowest BCUT2D eigenvalue weighted by atomic mass is 10.3. The summed E-state index contributed by atoms with van der Waals surface area (Å²) in [4.78, 5) is 12.6. The van der Waals surface area contributed by atoms with Crippen molar-refractivity contribution in [3.8, 4) is 0 Å². The van der Waals surface area contributed by atoms with Crippen LogP contribution >= 0.6 is 39.1 Å². The van der Waals surface area contributed by atoms with Crippen LogP contribution in [-0.2, 0) is 16.6 Å². The van der Waals surface area contributed by atoms with Gasteiger partial charge in [-0.15, -0.1) is 0 Å². The maximum atomic E-state index is 12.7. The predicted molar refractivity (Wildman–Crippen MR) is 139 cm³/mol. The van der Waals surface area contributed by atoms with Gasteiger partial charge in [0.1, 0.15) is 5.76 Å². The van der Waals surface area contributed by atoms with Crippen LogP contribution in [0.15, 0.2) is 68.4 Å². The Hall–Kier alpha value is -2.79. The molecule has 0 aliphatic carbocycles. The number of nitrogens with one attached hydrogen (secondary N) is 2. The lowest BCUT2D eigenvalue weighted by Crippen LogP contribution is -2.14. The molecule has 2 heterocycles. The number of benzene rings is 2. The number of amides is 1. The molecular weight excluding hydrogens is 579 g/mol. The summed E-state index contributed by atoms with van der Waals surface area (Å²) in [5.41, 5.74) is 2.50. The van der Waals surface area contributed by atoms with E-state index < -0.39 is 15.9 Å². The van der Waals surface area contributed by atoms with Gasteiger partial charge in [-0.2, -0.15) is 5.10 Å². The molecule has 0 fully saturated rings. The molecule has 182 valence electrons. The van der Waals surface area contributed by atoms with Crippen LogP contribution in [0.4, 0.5) is 11.4 Å². The van der Waals surface area contributed by atoms with Crippen LogP contribution in [-0.4, -0.2) is 24.1 Å². The molecule has 0 radical (unpaired) electrons. The Balaban J connectivity index is 1.41. The van der Waals surface area contributed by atoms with Gasteiger partial charge in [-0.25, -0.2) is 8.42 Å². The van der Waals surface area contributed by atoms with Gasteiger partial charge in [0, 0.05) is 5.69 Å². The number of aryl methyl sites for hydroxylation is 1. The fourth-order valence-corrected chi connectivity index (χ4v) is 4.88. The number of halogens is 3. The molecule has 0 unspecified atom stereocenters. The third kappa shape index (κ3) is 5.72. The molecule has 0 atom stereocenters. The van der Waals surface area contributed by atoms with Crippen molar-refractivity contribution in [1.82, 2.24) is 9.78 Å². The monoisotopic (exact) mass is 596 g/mol. The summed E-state index contributed by atoms with van der Waals surface area (Å²) in [6, 6.07) is 13.4. The van der Waals surface area contributed by atoms with E-state index in [4.69, 9.17) is 27.6 Å². The van der Waals surface area contributed by atoms with Crippen LogP contribution in [0.1, 0.15) is 27.7 Å². The Morgan fingerprint density at radius 1 is 1.03 bits per heavy atom. The third-order valence-electron chi connectivity index (χ3n) is 5.08. The van der Waals surface area contributed by atoms with Crippen molar-refractivity contribution in [2.75, 3.05) is 10.0 Å². The Labute approximate surface area is 220 Å². The highest BCUT2D eigenvalue weighted by Gasteiger charge is 2.17. The number of carbonyl (C=O) groups is 1. The number of hydrogen-bond acceptors (Lipinski definition) is 5. The number of rotatable bonds is 7. The number of nitrogens with zero attached hydrogens (tertiary/aromatic N) is 2. The average molecular weight is 598 g/mol. The minimum absolute atomic E-state index is 0.0119. The van der Waals surface area contributed by atoms with Gasteiger partial charge >= 0.3 is 0 Å². The number of anilines is 2. The summed E-state index contributed by atoms with van der Waals surface area (Å²) in [5.74, 6) is 0.233. The molecule has 2 aromatic heterocycles. The number of carbonyl (C=O) groups excluding carboxylic acids is 1. The van der Waals surface area contributed by atoms with E-state index in [9.17, 15) is 13.2 Å². The van der Waals surface area contributed by atoms with Crippen LogP contribution in [0, 0.1) is 13.8 Å². The highest BCUT2D eigenvalue weighted by molar-refractivity contribution is 9.10. The summed E-state index contributed by atoms with van der Waals surface area (Å²) in [7, 11) is -3.87. The number of furan rings is 1. The molecule has 2 N–H and O–H groups in total. The Bertz CT molecular complexity index is 1520. The first-order chi connectivity index (χ1) is 16.5. The second kappa shape index (κ2) is 10.1. The van der Waals surface area contributed by atoms with Crippen LogP contribution in [0.3, 0.4) is 0 Å². The number of aromatic nitrogens is 2. The maximum Gasteiger partial charge on any atom is 0.291 e. The van der Waals surface area contributed by atoms with E-state index in [1.54, 1.807) is 16.8 Å². The molecule has 0 aliphatic heterocycles. The molecule has 8 nitrogen and oxygen atoms in total. The largest absolute Gasteiger partial charge is 0.454 e. The lowest BCUT2D eigenvalue weighted by Gasteiger charge is -2.10. The van der Waals surface area contributed by atoms with Gasteiger partial charge in [0.15, 0.2) is 5.76 Å². The second-order valence-electron chi connectivity index (χ2n) is 7.62. The second-order valence-corrected chi connectivity index (χ2v) is 10.9. The van der Waals surface area contributed by atoms with Crippen molar-refractivity contribution in [2.45, 2.75) is 25.3 Å². The fraction of sp³-hybridized carbons (Fsp3) is 0.130. The van der Waals surface area contributed by atoms with Gasteiger partial charge in [0.25, 0.3) is 15.9 Å². The average Bonchev–Trinajstić information content (AvgIpc) is 3.37. The van der Waals surface area contributed by atoms with Crippen molar-refractivity contribution in [3.63, 3.8) is 0 Å². The molecule has 0 spiro atoms. The van der Waals surface area contributed by atoms with E-state index in [1.807, 2.05) is 13.8 Å². The topological polar surface area (TPSA) is 106 Å². The summed E-state index contributed by atoms with van der Waals surface area (Å²) >= 11 is 15.3. The van der Waals surface area contributed by atoms with E-state index >= 15 is 0 Å². The summed E-state index contributed by atoms with van der Waals surface area (Å²) in [6.45, 7) is 4.21. The zero-order valence-corrected chi connectivity index (χ0v) is 22.4. The fourth-order valence-electron chi connectivity index (χ4n) is 3.25. The zero-order valence-electron chi connectivity index (χ0n) is 18.5. The first-order valence-electron chi connectivity index (χ1n) is 10.2. The minimum Gasteiger partial charge on any atom is -0.454 e. The zero-order chi connectivity index (χ0) is 25.3. The molecule has 0 saturated heterocycles. The van der Waals surface area contributed by atoms with Gasteiger partial charge in [-0.1, -0.05) is 23.2 Å². The van der Waals surface area contributed by atoms with E-state index in [1.165, 1.54) is 42.5 Å². The van der Waals surface area contributed by atoms with Crippen LogP contribution in [0.25, 0.3) is 0 Å². The number of hydrogen-bond donors (Lipinski definition) is 2. The molecule has 4 aromatic rings. The number of sulfonamides is 1. The van der Waals surface area contributed by atoms with Gasteiger partial charge in [-0.05, 0) is 84.4 Å². The van der Waals surface area contributed by atoms with Gasteiger partial charge in [0.2, 0.25) is 0 Å². The van der Waals surface area contributed by atoms with Crippen LogP contribution in [0.2, 0.25) is 10.0 Å². The highest BCUT2D eigenvalue weighted by Crippen LogP contribution is 2.27. The van der Waals surface area contributed by atoms with E-state index in [2.05, 4.69) is 31.1 Å². The summed E-state index contributed by atoms with van der Waals surface area (Å²) in [6.07, 6.45) is 0. The molecule has 0 aliphatic rings. The van der Waals surface area contributed by atoms with Crippen LogP contribution < -0.4 is 10.0 Å². The molecule has 4 rings (SSSR count). The smallest absolute Gasteiger partial charge is 0.291 e. The van der Waals surface area contributed by atoms with Crippen molar-refractivity contribution < 1.29 is 17.6 Å². The first-order valence-corrected chi connectivity index (χ1v) is 13.2. The molecule has 0 saturated carbocycles. The minimum atomic E-state index is -3.87. The van der Waals surface area contributed by atoms with E-state index in [-0.39, 0.29) is 21.4 Å². The molecule has 2 aromatic carbocycles. The standard InChI is InChI=1S/C23H19BrCl2N4O4S/c1-13-22(24)14(2)30(28-13)12-17-6-10-21(34-17)23(31)27-15-3-7-18(8-4-15)35(32,33)29-16-5-9-19(25)20(26)11-16/h3-11,29H,12H2,1-2H3,(H,27,31). The van der Waals surface area contributed by atoms with Gasteiger partial charge < -0.3 is 9.73 Å². The quantitative estimate of drug-likeness (QED) is 0.261. The molecule has 0 bridgehead atoms. The highest BCUT2D eigenvalue weighted by atomic mass is 79.9. The van der Waals surface area contributed by atoms with Crippen LogP contribution in [0.5, 0.6) is 0 Å². The third-order valence-corrected chi connectivity index (χ3v) is 8.36. The molecule has 1 amide bonds. The predicted octanol–water partition coefficient (Wildman–Crippen LogP) is 6.26. The normalized spacial score (nSPS) is 11.5. The Morgan fingerprint density at radius 2 is 1.71 bits per heavy atom. The SMILES string of the molecule is Cc1nn(Cc2ccc(C(=O)Nc3ccc(S(=O)(=O)Nc4ccc(Cl)c(Cl)c4)cc3)o2)c(C)c1Br. The summed E-state index contributed by atoms with van der Waals surface area (Å²) in [5, 5.41) is 7.67. The lowest BCUT2D eigenvalue weighted by molar-refractivity contribution is 0.0994. The van der Waals surface area contributed by atoms with Crippen molar-refractivity contribution in [2.24, 2.45) is 0 Å². The Kier molecular flexibility index (Phi) is 7.27. The van der Waals surface area contributed by atoms with Crippen molar-refractivity contribution >= 4 is 66.4 Å². The van der Waals surface area contributed by atoms with Crippen molar-refractivity contribution in [3.05, 3.63) is 92.0 Å².